The summed E-state index contributed by atoms with van der Waals surface area (Å²) in [5.41, 5.74) is -0.342. The lowest BCUT2D eigenvalue weighted by molar-refractivity contribution is -0.386. The van der Waals surface area contributed by atoms with Crippen LogP contribution in [0.3, 0.4) is 0 Å². The van der Waals surface area contributed by atoms with Crippen LogP contribution in [0.15, 0.2) is 12.1 Å². The maximum absolute atomic E-state index is 13.8. The number of halogens is 1. The number of benzene rings is 1. The highest BCUT2D eigenvalue weighted by molar-refractivity contribution is 5.65. The number of likely N-dealkylation sites (tertiary alicyclic amines) is 1. The van der Waals surface area contributed by atoms with Crippen molar-refractivity contribution in [3.05, 3.63) is 28.1 Å². The maximum atomic E-state index is 13.8. The Balaban J connectivity index is 2.24. The number of nitrogens with one attached hydrogen (secondary N) is 1. The van der Waals surface area contributed by atoms with Crippen molar-refractivity contribution in [2.75, 3.05) is 32.6 Å². The third-order valence-electron chi connectivity index (χ3n) is 3.53. The molecule has 0 atom stereocenters. The molecular weight excluding hydrogens is 265 g/mol. The first-order valence-corrected chi connectivity index (χ1v) is 6.48. The second kappa shape index (κ2) is 6.04. The van der Waals surface area contributed by atoms with Crippen molar-refractivity contribution in [2.45, 2.75) is 18.9 Å². The molecule has 0 aromatic heterocycles. The molecule has 0 aliphatic carbocycles. The summed E-state index contributed by atoms with van der Waals surface area (Å²) in [6.07, 6.45) is 1.74. The fourth-order valence-corrected chi connectivity index (χ4v) is 2.36. The highest BCUT2D eigenvalue weighted by atomic mass is 19.1. The Labute approximate surface area is 116 Å². The number of methoxy groups -OCH3 is 1. The van der Waals surface area contributed by atoms with Crippen molar-refractivity contribution in [1.29, 1.82) is 0 Å². The Bertz CT molecular complexity index is 502. The Hall–Kier alpha value is -1.89. The van der Waals surface area contributed by atoms with Crippen molar-refractivity contribution < 1.29 is 14.1 Å². The van der Waals surface area contributed by atoms with E-state index in [4.69, 9.17) is 4.74 Å². The summed E-state index contributed by atoms with van der Waals surface area (Å²) in [4.78, 5) is 12.5. The van der Waals surface area contributed by atoms with Crippen molar-refractivity contribution in [2.24, 2.45) is 0 Å². The number of hydrogen-bond donors (Lipinski definition) is 1. The fraction of sp³-hybridized carbons (Fsp3) is 0.538. The second-order valence-corrected chi connectivity index (χ2v) is 4.98. The Morgan fingerprint density at radius 1 is 1.45 bits per heavy atom. The van der Waals surface area contributed by atoms with Crippen LogP contribution in [0.2, 0.25) is 0 Å². The van der Waals surface area contributed by atoms with Crippen LogP contribution in [0.25, 0.3) is 0 Å². The van der Waals surface area contributed by atoms with Gasteiger partial charge in [0.15, 0.2) is 0 Å². The second-order valence-electron chi connectivity index (χ2n) is 4.98. The number of nitro groups is 1. The number of piperidine rings is 1. The van der Waals surface area contributed by atoms with E-state index in [1.807, 2.05) is 7.05 Å². The summed E-state index contributed by atoms with van der Waals surface area (Å²) in [6.45, 7) is 1.83. The van der Waals surface area contributed by atoms with Crippen LogP contribution in [0.1, 0.15) is 12.8 Å². The Morgan fingerprint density at radius 2 is 2.10 bits per heavy atom. The molecule has 20 heavy (non-hydrogen) atoms. The highest BCUT2D eigenvalue weighted by Crippen LogP contribution is 2.33. The summed E-state index contributed by atoms with van der Waals surface area (Å²) in [7, 11) is 3.43. The van der Waals surface area contributed by atoms with Crippen LogP contribution in [-0.2, 0) is 0 Å². The minimum Gasteiger partial charge on any atom is -0.497 e. The van der Waals surface area contributed by atoms with Crippen molar-refractivity contribution in [1.82, 2.24) is 4.90 Å². The lowest BCUT2D eigenvalue weighted by Gasteiger charge is -2.30. The SMILES string of the molecule is COc1cc(F)c([N+](=O)[O-])c(NC2CCN(C)CC2)c1. The molecule has 7 heteroatoms. The van der Waals surface area contributed by atoms with Gasteiger partial charge in [-0.05, 0) is 33.0 Å². The lowest BCUT2D eigenvalue weighted by atomic mass is 10.0. The van der Waals surface area contributed by atoms with Gasteiger partial charge in [-0.1, -0.05) is 0 Å². The summed E-state index contributed by atoms with van der Waals surface area (Å²) in [5, 5.41) is 14.1. The van der Waals surface area contributed by atoms with Gasteiger partial charge in [-0.15, -0.1) is 0 Å². The van der Waals surface area contributed by atoms with E-state index in [0.717, 1.165) is 32.0 Å². The zero-order chi connectivity index (χ0) is 14.7. The van der Waals surface area contributed by atoms with Crippen LogP contribution >= 0.6 is 0 Å². The molecule has 1 aliphatic rings. The summed E-state index contributed by atoms with van der Waals surface area (Å²) in [5.74, 6) is -0.617. The molecule has 1 saturated heterocycles. The molecular formula is C13H18FN3O3. The molecule has 1 aromatic carbocycles. The number of rotatable bonds is 4. The van der Waals surface area contributed by atoms with Gasteiger partial charge in [0.25, 0.3) is 0 Å². The summed E-state index contributed by atoms with van der Waals surface area (Å²) in [6, 6.07) is 2.61. The maximum Gasteiger partial charge on any atom is 0.327 e. The molecule has 0 bridgehead atoms. The molecule has 0 spiro atoms. The molecule has 1 heterocycles. The van der Waals surface area contributed by atoms with Gasteiger partial charge in [-0.3, -0.25) is 10.1 Å². The molecule has 110 valence electrons. The number of anilines is 1. The van der Waals surface area contributed by atoms with Crippen LogP contribution < -0.4 is 10.1 Å². The van der Waals surface area contributed by atoms with Crippen LogP contribution in [0.4, 0.5) is 15.8 Å². The average Bonchev–Trinajstić information content (AvgIpc) is 2.40. The van der Waals surface area contributed by atoms with Gasteiger partial charge in [0.05, 0.1) is 12.0 Å². The van der Waals surface area contributed by atoms with Crippen molar-refractivity contribution >= 4 is 11.4 Å². The first-order chi connectivity index (χ1) is 9.51. The number of nitro benzene ring substituents is 1. The van der Waals surface area contributed by atoms with Gasteiger partial charge < -0.3 is 15.0 Å². The molecule has 0 radical (unpaired) electrons. The smallest absolute Gasteiger partial charge is 0.327 e. The predicted octanol–water partition coefficient (Wildman–Crippen LogP) is 2.25. The normalized spacial score (nSPS) is 16.9. The lowest BCUT2D eigenvalue weighted by Crippen LogP contribution is -2.36. The van der Waals surface area contributed by atoms with E-state index in [1.54, 1.807) is 0 Å². The van der Waals surface area contributed by atoms with E-state index in [9.17, 15) is 14.5 Å². The molecule has 1 fully saturated rings. The van der Waals surface area contributed by atoms with Gasteiger partial charge in [0.2, 0.25) is 5.82 Å². The van der Waals surface area contributed by atoms with Crippen LogP contribution in [0, 0.1) is 15.9 Å². The van der Waals surface area contributed by atoms with E-state index in [2.05, 4.69) is 10.2 Å². The molecule has 1 aromatic rings. The molecule has 1 N–H and O–H groups in total. The third-order valence-corrected chi connectivity index (χ3v) is 3.53. The average molecular weight is 283 g/mol. The first kappa shape index (κ1) is 14.5. The fourth-order valence-electron chi connectivity index (χ4n) is 2.36. The molecule has 6 nitrogen and oxygen atoms in total. The largest absolute Gasteiger partial charge is 0.497 e. The molecule has 0 amide bonds. The van der Waals surface area contributed by atoms with Gasteiger partial charge in [-0.25, -0.2) is 0 Å². The molecule has 2 rings (SSSR count). The number of nitrogens with zero attached hydrogens (tertiary/aromatic N) is 2. The van der Waals surface area contributed by atoms with Gasteiger partial charge in [0, 0.05) is 18.2 Å². The van der Waals surface area contributed by atoms with Crippen LogP contribution in [-0.4, -0.2) is 43.1 Å². The molecule has 0 saturated carbocycles. The Morgan fingerprint density at radius 3 is 2.65 bits per heavy atom. The van der Waals surface area contributed by atoms with Gasteiger partial charge in [-0.2, -0.15) is 4.39 Å². The van der Waals surface area contributed by atoms with E-state index in [0.29, 0.717) is 0 Å². The van der Waals surface area contributed by atoms with E-state index < -0.39 is 16.4 Å². The van der Waals surface area contributed by atoms with Crippen molar-refractivity contribution in [3.8, 4) is 5.75 Å². The van der Waals surface area contributed by atoms with Crippen LogP contribution in [0.5, 0.6) is 5.75 Å². The van der Waals surface area contributed by atoms with Gasteiger partial charge >= 0.3 is 5.69 Å². The molecule has 0 unspecified atom stereocenters. The minimum absolute atomic E-state index is 0.108. The highest BCUT2D eigenvalue weighted by Gasteiger charge is 2.25. The number of hydrogen-bond acceptors (Lipinski definition) is 5. The summed E-state index contributed by atoms with van der Waals surface area (Å²) < 4.78 is 18.8. The summed E-state index contributed by atoms with van der Waals surface area (Å²) >= 11 is 0. The molecule has 1 aliphatic heterocycles. The quantitative estimate of drug-likeness (QED) is 0.678. The van der Waals surface area contributed by atoms with E-state index in [-0.39, 0.29) is 17.5 Å². The monoisotopic (exact) mass is 283 g/mol. The number of ether oxygens (including phenoxy) is 1. The zero-order valence-corrected chi connectivity index (χ0v) is 11.6. The standard InChI is InChI=1S/C13H18FN3O3/c1-16-5-3-9(4-6-16)15-12-8-10(20-2)7-11(14)13(12)17(18)19/h7-9,15H,3-6H2,1-2H3. The predicted molar refractivity (Wildman–Crippen MR) is 73.7 cm³/mol. The Kier molecular flexibility index (Phi) is 4.39. The van der Waals surface area contributed by atoms with E-state index in [1.165, 1.54) is 13.2 Å². The zero-order valence-electron chi connectivity index (χ0n) is 11.6. The first-order valence-electron chi connectivity index (χ1n) is 6.48. The topological polar surface area (TPSA) is 67.6 Å². The third kappa shape index (κ3) is 3.16. The van der Waals surface area contributed by atoms with E-state index >= 15 is 0 Å². The minimum atomic E-state index is -0.884. The van der Waals surface area contributed by atoms with Crippen molar-refractivity contribution in [3.63, 3.8) is 0 Å². The van der Waals surface area contributed by atoms with Gasteiger partial charge in [0.1, 0.15) is 11.4 Å².